The molecule has 0 bridgehead atoms. The number of aryl methyl sites for hydroxylation is 2. The summed E-state index contributed by atoms with van der Waals surface area (Å²) in [6.45, 7) is 4.81. The van der Waals surface area contributed by atoms with Crippen molar-refractivity contribution in [2.75, 3.05) is 19.7 Å². The molecule has 2 fully saturated rings. The molecule has 4 rings (SSSR count). The molecule has 0 aromatic carbocycles. The fraction of sp³-hybridized carbons (Fsp3) is 0.588. The van der Waals surface area contributed by atoms with Crippen LogP contribution in [-0.2, 0) is 10.0 Å². The number of hydrogen-bond donors (Lipinski definition) is 1. The van der Waals surface area contributed by atoms with Gasteiger partial charge in [-0.15, -0.1) is 5.10 Å². The molecule has 2 aromatic rings. The van der Waals surface area contributed by atoms with Gasteiger partial charge in [0.25, 0.3) is 0 Å². The molecule has 26 heavy (non-hydrogen) atoms. The van der Waals surface area contributed by atoms with Crippen molar-refractivity contribution >= 4 is 10.0 Å². The van der Waals surface area contributed by atoms with Gasteiger partial charge in [-0.25, -0.2) is 8.42 Å². The van der Waals surface area contributed by atoms with E-state index in [1.54, 1.807) is 13.8 Å². The summed E-state index contributed by atoms with van der Waals surface area (Å²) in [5, 5.41) is 15.1. The lowest BCUT2D eigenvalue weighted by Crippen LogP contribution is -2.30. The largest absolute Gasteiger partial charge is 0.476 e. The normalized spacial score (nSPS) is 21.2. The summed E-state index contributed by atoms with van der Waals surface area (Å²) < 4.78 is 33.0. The topological polar surface area (TPSA) is 101 Å². The lowest BCUT2D eigenvalue weighted by Gasteiger charge is -2.17. The van der Waals surface area contributed by atoms with Crippen molar-refractivity contribution in [2.24, 2.45) is 5.92 Å². The molecule has 1 unspecified atom stereocenters. The van der Waals surface area contributed by atoms with Crippen molar-refractivity contribution < 1.29 is 13.2 Å². The quantitative estimate of drug-likeness (QED) is 0.823. The van der Waals surface area contributed by atoms with Crippen LogP contribution in [0.25, 0.3) is 0 Å². The van der Waals surface area contributed by atoms with Crippen molar-refractivity contribution in [3.63, 3.8) is 0 Å². The maximum absolute atomic E-state index is 12.9. The van der Waals surface area contributed by atoms with Crippen LogP contribution in [0.5, 0.6) is 5.88 Å². The fourth-order valence-electron chi connectivity index (χ4n) is 3.41. The van der Waals surface area contributed by atoms with E-state index in [2.05, 4.69) is 20.4 Å². The van der Waals surface area contributed by atoms with Crippen LogP contribution >= 0.6 is 0 Å². The van der Waals surface area contributed by atoms with E-state index in [4.69, 9.17) is 4.74 Å². The van der Waals surface area contributed by atoms with Crippen LogP contribution in [0.2, 0.25) is 0 Å². The first-order valence-corrected chi connectivity index (χ1v) is 10.4. The van der Waals surface area contributed by atoms with Gasteiger partial charge in [-0.3, -0.25) is 5.10 Å². The summed E-state index contributed by atoms with van der Waals surface area (Å²) in [7, 11) is -3.52. The third kappa shape index (κ3) is 3.33. The van der Waals surface area contributed by atoms with E-state index >= 15 is 0 Å². The Morgan fingerprint density at radius 2 is 2.04 bits per heavy atom. The number of ether oxygens (including phenoxy) is 1. The van der Waals surface area contributed by atoms with Crippen LogP contribution in [0.3, 0.4) is 0 Å². The highest BCUT2D eigenvalue weighted by Crippen LogP contribution is 2.38. The van der Waals surface area contributed by atoms with Crippen molar-refractivity contribution in [1.29, 1.82) is 0 Å². The number of nitrogens with zero attached hydrogens (tertiary/aromatic N) is 4. The van der Waals surface area contributed by atoms with Crippen LogP contribution in [0.1, 0.15) is 42.3 Å². The van der Waals surface area contributed by atoms with E-state index < -0.39 is 10.0 Å². The molecular weight excluding hydrogens is 354 g/mol. The molecular formula is C17H23N5O3S. The minimum Gasteiger partial charge on any atom is -0.476 e. The number of aromatic amines is 1. The molecule has 2 aromatic heterocycles. The van der Waals surface area contributed by atoms with Gasteiger partial charge in [-0.05, 0) is 39.2 Å². The lowest BCUT2D eigenvalue weighted by molar-refractivity contribution is 0.243. The average molecular weight is 377 g/mol. The SMILES string of the molecule is Cc1n[nH]c(C)c1S(=O)(=O)N1CCC(COc2ccc(C3CC3)nn2)C1. The Morgan fingerprint density at radius 3 is 2.65 bits per heavy atom. The molecule has 1 aliphatic heterocycles. The number of H-pyrrole nitrogens is 1. The second-order valence-electron chi connectivity index (χ2n) is 7.16. The highest BCUT2D eigenvalue weighted by Gasteiger charge is 2.35. The Kier molecular flexibility index (Phi) is 4.44. The van der Waals surface area contributed by atoms with Crippen molar-refractivity contribution in [1.82, 2.24) is 24.7 Å². The van der Waals surface area contributed by atoms with E-state index in [0.29, 0.717) is 47.8 Å². The van der Waals surface area contributed by atoms with Crippen LogP contribution in [0.4, 0.5) is 0 Å². The first-order valence-electron chi connectivity index (χ1n) is 8.93. The molecule has 0 amide bonds. The molecule has 2 aliphatic rings. The van der Waals surface area contributed by atoms with Crippen LogP contribution in [-0.4, -0.2) is 52.8 Å². The molecule has 8 nitrogen and oxygen atoms in total. The summed E-state index contributed by atoms with van der Waals surface area (Å²) in [5.41, 5.74) is 2.11. The van der Waals surface area contributed by atoms with E-state index in [1.807, 2.05) is 12.1 Å². The van der Waals surface area contributed by atoms with Gasteiger partial charge in [-0.1, -0.05) is 0 Å². The Bertz CT molecular complexity index is 870. The summed E-state index contributed by atoms with van der Waals surface area (Å²) in [6, 6.07) is 3.82. The highest BCUT2D eigenvalue weighted by molar-refractivity contribution is 7.89. The maximum Gasteiger partial charge on any atom is 0.246 e. The Morgan fingerprint density at radius 1 is 1.23 bits per heavy atom. The van der Waals surface area contributed by atoms with Crippen LogP contribution in [0, 0.1) is 19.8 Å². The van der Waals surface area contributed by atoms with Crippen LogP contribution in [0.15, 0.2) is 17.0 Å². The predicted molar refractivity (Wildman–Crippen MR) is 94.4 cm³/mol. The van der Waals surface area contributed by atoms with Gasteiger partial charge >= 0.3 is 0 Å². The molecule has 9 heteroatoms. The fourth-order valence-corrected chi connectivity index (χ4v) is 5.27. The number of rotatable bonds is 6. The second-order valence-corrected chi connectivity index (χ2v) is 9.04. The molecule has 1 saturated carbocycles. The molecule has 0 spiro atoms. The number of aromatic nitrogens is 4. The molecule has 1 saturated heterocycles. The van der Waals surface area contributed by atoms with E-state index in [0.717, 1.165) is 12.1 Å². The summed E-state index contributed by atoms with van der Waals surface area (Å²) in [6.07, 6.45) is 3.15. The molecule has 3 heterocycles. The van der Waals surface area contributed by atoms with Crippen LogP contribution < -0.4 is 4.74 Å². The van der Waals surface area contributed by atoms with E-state index in [-0.39, 0.29) is 5.92 Å². The summed E-state index contributed by atoms with van der Waals surface area (Å²) in [4.78, 5) is 0.292. The third-order valence-electron chi connectivity index (χ3n) is 5.03. The van der Waals surface area contributed by atoms with Gasteiger partial charge in [0.05, 0.1) is 23.7 Å². The zero-order valence-electron chi connectivity index (χ0n) is 15.0. The second kappa shape index (κ2) is 6.62. The Hall–Kier alpha value is -2.00. The van der Waals surface area contributed by atoms with Gasteiger partial charge < -0.3 is 4.74 Å². The Balaban J connectivity index is 1.36. The smallest absolute Gasteiger partial charge is 0.246 e. The van der Waals surface area contributed by atoms with E-state index in [9.17, 15) is 8.42 Å². The standard InChI is InChI=1S/C17H23N5O3S/c1-11-17(12(2)19-18-11)26(23,24)22-8-7-13(9-22)10-25-16-6-5-15(20-21-16)14-3-4-14/h5-6,13-14H,3-4,7-10H2,1-2H3,(H,18,19). The van der Waals surface area contributed by atoms with Crippen molar-refractivity contribution in [3.8, 4) is 5.88 Å². The first kappa shape index (κ1) is 17.4. The molecule has 140 valence electrons. The van der Waals surface area contributed by atoms with Crippen molar-refractivity contribution in [3.05, 3.63) is 29.2 Å². The summed E-state index contributed by atoms with van der Waals surface area (Å²) >= 11 is 0. The van der Waals surface area contributed by atoms with Gasteiger partial charge in [0.1, 0.15) is 4.90 Å². The third-order valence-corrected chi connectivity index (χ3v) is 7.16. The average Bonchev–Trinajstić information content (AvgIpc) is 3.25. The number of nitrogens with one attached hydrogen (secondary N) is 1. The summed E-state index contributed by atoms with van der Waals surface area (Å²) in [5.74, 6) is 1.21. The minimum atomic E-state index is -3.52. The maximum atomic E-state index is 12.9. The number of sulfonamides is 1. The zero-order chi connectivity index (χ0) is 18.3. The van der Waals surface area contributed by atoms with Gasteiger partial charge in [-0.2, -0.15) is 14.5 Å². The van der Waals surface area contributed by atoms with Gasteiger partial charge in [0, 0.05) is 31.0 Å². The molecule has 0 radical (unpaired) electrons. The minimum absolute atomic E-state index is 0.141. The van der Waals surface area contributed by atoms with Gasteiger partial charge in [0.15, 0.2) is 0 Å². The first-order chi connectivity index (χ1) is 12.4. The number of hydrogen-bond acceptors (Lipinski definition) is 6. The Labute approximate surface area is 153 Å². The monoisotopic (exact) mass is 377 g/mol. The molecule has 1 N–H and O–H groups in total. The molecule has 1 aliphatic carbocycles. The van der Waals surface area contributed by atoms with Gasteiger partial charge in [0.2, 0.25) is 15.9 Å². The lowest BCUT2D eigenvalue weighted by atomic mass is 10.1. The molecule has 1 atom stereocenters. The van der Waals surface area contributed by atoms with Crippen molar-refractivity contribution in [2.45, 2.75) is 43.9 Å². The highest BCUT2D eigenvalue weighted by atomic mass is 32.2. The van der Waals surface area contributed by atoms with E-state index in [1.165, 1.54) is 17.1 Å². The predicted octanol–water partition coefficient (Wildman–Crippen LogP) is 1.78. The zero-order valence-corrected chi connectivity index (χ0v) is 15.8.